The molecule has 1 spiro atoms. The minimum absolute atomic E-state index is 0.0514. The van der Waals surface area contributed by atoms with Gasteiger partial charge >= 0.3 is 0 Å². The number of fused-ring (bicyclic) bond motifs is 4. The van der Waals surface area contributed by atoms with Gasteiger partial charge in [0.25, 0.3) is 5.91 Å². The van der Waals surface area contributed by atoms with Crippen LogP contribution in [0.2, 0.25) is 5.02 Å². The summed E-state index contributed by atoms with van der Waals surface area (Å²) < 4.78 is 56.8. The van der Waals surface area contributed by atoms with Crippen LogP contribution in [0.4, 0.5) is 10.1 Å². The molecule has 4 aliphatic rings. The molecular formula is C35H44ClFN2O5S. The number of benzene rings is 2. The van der Waals surface area contributed by atoms with E-state index in [4.69, 9.17) is 21.1 Å². The van der Waals surface area contributed by atoms with Gasteiger partial charge in [0.1, 0.15) is 11.6 Å². The number of nitrogens with zero attached hydrogens (tertiary/aromatic N) is 1. The predicted molar refractivity (Wildman–Crippen MR) is 175 cm³/mol. The highest BCUT2D eigenvalue weighted by Gasteiger charge is 2.45. The molecule has 0 radical (unpaired) electrons. The van der Waals surface area contributed by atoms with Crippen molar-refractivity contribution >= 4 is 33.2 Å². The molecule has 45 heavy (non-hydrogen) atoms. The van der Waals surface area contributed by atoms with Crippen LogP contribution in [0.15, 0.2) is 42.0 Å². The van der Waals surface area contributed by atoms with Gasteiger partial charge in [0.05, 0.1) is 28.7 Å². The van der Waals surface area contributed by atoms with Crippen LogP contribution in [0, 0.1) is 29.5 Å². The average molecular weight is 659 g/mol. The third-order valence-corrected chi connectivity index (χ3v) is 13.4. The van der Waals surface area contributed by atoms with Crippen molar-refractivity contribution < 1.29 is 27.1 Å². The maximum atomic E-state index is 15.0. The van der Waals surface area contributed by atoms with Crippen molar-refractivity contribution in [3.63, 3.8) is 0 Å². The Bertz CT molecular complexity index is 1630. The molecule has 1 N–H and O–H groups in total. The highest BCUT2D eigenvalue weighted by atomic mass is 35.5. The summed E-state index contributed by atoms with van der Waals surface area (Å²) >= 11 is 6.22. The fourth-order valence-corrected chi connectivity index (χ4v) is 9.67. The summed E-state index contributed by atoms with van der Waals surface area (Å²) in [6.45, 7) is 9.29. The number of rotatable bonds is 1. The first kappa shape index (κ1) is 32.3. The molecule has 6 rings (SSSR count). The maximum Gasteiger partial charge on any atom is 0.264 e. The molecule has 1 fully saturated rings. The fraction of sp³-hybridized carbons (Fsp3) is 0.571. The molecule has 0 saturated heterocycles. The zero-order chi connectivity index (χ0) is 32.3. The summed E-state index contributed by atoms with van der Waals surface area (Å²) in [7, 11) is -2.22. The Kier molecular flexibility index (Phi) is 8.76. The van der Waals surface area contributed by atoms with Gasteiger partial charge in [-0.25, -0.2) is 17.5 Å². The number of nitrogens with one attached hydrogen (secondary N) is 1. The lowest BCUT2D eigenvalue weighted by Gasteiger charge is -2.46. The van der Waals surface area contributed by atoms with Gasteiger partial charge < -0.3 is 14.4 Å². The molecule has 2 aromatic rings. The van der Waals surface area contributed by atoms with E-state index >= 15 is 0 Å². The Hall–Kier alpha value is -2.62. The zero-order valence-electron chi connectivity index (χ0n) is 26.7. The van der Waals surface area contributed by atoms with Crippen LogP contribution in [0.25, 0.3) is 0 Å². The summed E-state index contributed by atoms with van der Waals surface area (Å²) in [5, 5.41) is -0.671. The molecule has 2 aliphatic heterocycles. The van der Waals surface area contributed by atoms with E-state index in [1.807, 2.05) is 13.8 Å². The number of amides is 1. The lowest BCUT2D eigenvalue weighted by atomic mass is 9.67. The molecular weight excluding hydrogens is 615 g/mol. The summed E-state index contributed by atoms with van der Waals surface area (Å²) in [4.78, 5) is 15.8. The Morgan fingerprint density at radius 1 is 1.16 bits per heavy atom. The lowest BCUT2D eigenvalue weighted by Crippen LogP contribution is -2.50. The van der Waals surface area contributed by atoms with E-state index in [1.54, 1.807) is 44.4 Å². The van der Waals surface area contributed by atoms with Crippen molar-refractivity contribution in [2.75, 3.05) is 31.7 Å². The second-order valence-electron chi connectivity index (χ2n) is 13.9. The van der Waals surface area contributed by atoms with Gasteiger partial charge in [0, 0.05) is 31.2 Å². The number of hydrogen-bond acceptors (Lipinski definition) is 6. The van der Waals surface area contributed by atoms with Crippen molar-refractivity contribution in [1.29, 1.82) is 0 Å². The van der Waals surface area contributed by atoms with Crippen molar-refractivity contribution in [2.24, 2.45) is 23.7 Å². The molecule has 0 aromatic heterocycles. The quantitative estimate of drug-likeness (QED) is 0.345. The molecule has 1 unspecified atom stereocenters. The SMILES string of the molecule is CO[C@H]1/C(C)=C/C(C)[C@H](C)[C@@H](C)S(=O)(=O)NC(=O)c2ccc3c(c2)N(C[C@@H]2CC[C@H]21)C[C@@]1(CCCc2cc(Cl)c(F)cc21)CO3. The van der Waals surface area contributed by atoms with Crippen LogP contribution in [-0.4, -0.2) is 52.5 Å². The van der Waals surface area contributed by atoms with E-state index in [0.717, 1.165) is 54.5 Å². The molecule has 2 aliphatic carbocycles. The van der Waals surface area contributed by atoms with Crippen LogP contribution in [0.1, 0.15) is 74.9 Å². The van der Waals surface area contributed by atoms with Gasteiger partial charge in [-0.1, -0.05) is 31.5 Å². The predicted octanol–water partition coefficient (Wildman–Crippen LogP) is 6.67. The zero-order valence-corrected chi connectivity index (χ0v) is 28.3. The number of halogens is 2. The standard InChI is InChI=1S/C35H44ClFN2O5S/c1-20-13-21(2)33(43-5)27-10-8-26(27)17-39-18-35(12-6-7-24-14-29(36)30(37)16-28(24)35)19-44-32-11-9-25(15-31(32)39)34(40)38-45(41,42)23(4)22(20)3/h9,11,13-16,20,22-23,26-27,33H,6-8,10,12,17-19H2,1-5H3,(H,38,40)/b21-13+/t20?,22-,23+,26-,27+,33-,35-/m0/s1. The second-order valence-corrected chi connectivity index (χ2v) is 16.3. The molecule has 2 aromatic carbocycles. The number of hydrogen-bond donors (Lipinski definition) is 1. The molecule has 1 amide bonds. The van der Waals surface area contributed by atoms with Gasteiger partial charge in [0.2, 0.25) is 10.0 Å². The Morgan fingerprint density at radius 2 is 1.93 bits per heavy atom. The lowest BCUT2D eigenvalue weighted by molar-refractivity contribution is 0.00592. The third kappa shape index (κ3) is 5.89. The van der Waals surface area contributed by atoms with E-state index in [2.05, 4.69) is 22.6 Å². The van der Waals surface area contributed by atoms with Crippen molar-refractivity contribution in [3.05, 3.63) is 69.5 Å². The van der Waals surface area contributed by atoms with E-state index < -0.39 is 32.4 Å². The molecule has 7 nitrogen and oxygen atoms in total. The van der Waals surface area contributed by atoms with Crippen molar-refractivity contribution in [1.82, 2.24) is 4.72 Å². The number of carbonyl (C=O) groups excluding carboxylic acids is 1. The molecule has 2 heterocycles. The summed E-state index contributed by atoms with van der Waals surface area (Å²) in [5.41, 5.74) is 3.57. The molecule has 244 valence electrons. The van der Waals surface area contributed by atoms with Gasteiger partial charge in [-0.05, 0) is 117 Å². The Labute approximate surface area is 271 Å². The topological polar surface area (TPSA) is 84.9 Å². The first-order valence-corrected chi connectivity index (χ1v) is 18.0. The smallest absolute Gasteiger partial charge is 0.264 e. The fourth-order valence-electron chi connectivity index (χ4n) is 8.11. The number of ether oxygens (including phenoxy) is 2. The molecule has 2 bridgehead atoms. The highest BCUT2D eigenvalue weighted by Crippen LogP contribution is 2.48. The van der Waals surface area contributed by atoms with Crippen LogP contribution >= 0.6 is 11.6 Å². The average Bonchev–Trinajstić information content (AvgIpc) is 3.14. The Morgan fingerprint density at radius 3 is 2.64 bits per heavy atom. The number of methoxy groups -OCH3 is 1. The monoisotopic (exact) mass is 658 g/mol. The number of anilines is 1. The third-order valence-electron chi connectivity index (χ3n) is 11.2. The Balaban J connectivity index is 1.46. The van der Waals surface area contributed by atoms with E-state index in [9.17, 15) is 17.6 Å². The van der Waals surface area contributed by atoms with Gasteiger partial charge in [-0.15, -0.1) is 0 Å². The van der Waals surface area contributed by atoms with Gasteiger partial charge in [-0.2, -0.15) is 0 Å². The molecule has 7 atom stereocenters. The van der Waals surface area contributed by atoms with Gasteiger partial charge in [0.15, 0.2) is 0 Å². The van der Waals surface area contributed by atoms with E-state index in [1.165, 1.54) is 0 Å². The van der Waals surface area contributed by atoms with Crippen LogP contribution < -0.4 is 14.4 Å². The first-order valence-electron chi connectivity index (χ1n) is 16.1. The van der Waals surface area contributed by atoms with Crippen LogP contribution in [0.3, 0.4) is 0 Å². The first-order chi connectivity index (χ1) is 21.3. The van der Waals surface area contributed by atoms with E-state index in [-0.39, 0.29) is 34.4 Å². The van der Waals surface area contributed by atoms with Crippen LogP contribution in [0.5, 0.6) is 5.75 Å². The number of aryl methyl sites for hydroxylation is 1. The van der Waals surface area contributed by atoms with Crippen molar-refractivity contribution in [3.8, 4) is 5.75 Å². The highest BCUT2D eigenvalue weighted by molar-refractivity contribution is 7.90. The van der Waals surface area contributed by atoms with E-state index in [0.29, 0.717) is 31.4 Å². The summed E-state index contributed by atoms with van der Waals surface area (Å²) in [6, 6.07) is 8.47. The number of sulfonamides is 1. The molecule has 1 saturated carbocycles. The van der Waals surface area contributed by atoms with Gasteiger partial charge in [-0.3, -0.25) is 4.79 Å². The minimum atomic E-state index is -3.97. The molecule has 10 heteroatoms. The second kappa shape index (κ2) is 12.2. The maximum absolute atomic E-state index is 15.0. The number of allylic oxidation sites excluding steroid dienone is 1. The largest absolute Gasteiger partial charge is 0.490 e. The normalized spacial score (nSPS) is 34.2. The number of carbonyl (C=O) groups is 1. The summed E-state index contributed by atoms with van der Waals surface area (Å²) in [6.07, 6.45) is 6.69. The minimum Gasteiger partial charge on any atom is -0.490 e. The van der Waals surface area contributed by atoms with Crippen molar-refractivity contribution in [2.45, 2.75) is 76.6 Å². The van der Waals surface area contributed by atoms with Crippen LogP contribution in [-0.2, 0) is 26.6 Å². The summed E-state index contributed by atoms with van der Waals surface area (Å²) in [5.74, 6) is -0.157.